The summed E-state index contributed by atoms with van der Waals surface area (Å²) < 4.78 is 10.4. The number of hydrogen-bond donors (Lipinski definition) is 0. The monoisotopic (exact) mass is 354 g/mol. The molecule has 0 heterocycles. The average molecular weight is 354 g/mol. The van der Waals surface area contributed by atoms with Crippen molar-refractivity contribution < 1.29 is 14.3 Å². The molecule has 3 nitrogen and oxygen atoms in total. The summed E-state index contributed by atoms with van der Waals surface area (Å²) >= 11 is 0. The lowest BCUT2D eigenvalue weighted by atomic mass is 9.87. The first-order chi connectivity index (χ1) is 12.5. The van der Waals surface area contributed by atoms with Gasteiger partial charge in [0.25, 0.3) is 0 Å². The predicted molar refractivity (Wildman–Crippen MR) is 106 cm³/mol. The number of hydrogen-bond acceptors (Lipinski definition) is 3. The summed E-state index contributed by atoms with van der Waals surface area (Å²) in [4.78, 5) is 12.6. The van der Waals surface area contributed by atoms with E-state index in [4.69, 9.17) is 9.47 Å². The molecule has 0 spiro atoms. The minimum atomic E-state index is 0.0861. The van der Waals surface area contributed by atoms with Gasteiger partial charge in [-0.3, -0.25) is 4.79 Å². The van der Waals surface area contributed by atoms with E-state index in [2.05, 4.69) is 38.1 Å². The summed E-state index contributed by atoms with van der Waals surface area (Å²) in [5.41, 5.74) is 2.49. The van der Waals surface area contributed by atoms with Gasteiger partial charge < -0.3 is 9.47 Å². The van der Waals surface area contributed by atoms with Crippen LogP contribution >= 0.6 is 0 Å². The average Bonchev–Trinajstić information content (AvgIpc) is 2.70. The number of methoxy groups -OCH3 is 2. The van der Waals surface area contributed by atoms with E-state index in [0.29, 0.717) is 5.78 Å². The Bertz CT molecular complexity index is 614. The molecule has 0 amide bonds. The fraction of sp³-hybridized carbons (Fsp3) is 0.435. The molecular weight excluding hydrogens is 324 g/mol. The second-order valence-electron chi connectivity index (χ2n) is 6.98. The predicted octanol–water partition coefficient (Wildman–Crippen LogP) is 5.11. The molecule has 0 bridgehead atoms. The highest BCUT2D eigenvalue weighted by molar-refractivity contribution is 5.82. The highest BCUT2D eigenvalue weighted by Crippen LogP contribution is 2.20. The molecule has 0 fully saturated rings. The standard InChI is InChI=1S/C23H30O3/c1-17(5-7-19-9-13-21(25-3)14-10-19)23(24)18(2)6-8-20-11-15-22(26-4)16-12-20/h9-18H,5-8H2,1-4H3. The largest absolute Gasteiger partial charge is 0.497 e. The molecule has 0 radical (unpaired) electrons. The number of aryl methyl sites for hydroxylation is 2. The van der Waals surface area contributed by atoms with Crippen LogP contribution in [0, 0.1) is 11.8 Å². The van der Waals surface area contributed by atoms with E-state index in [0.717, 1.165) is 37.2 Å². The molecule has 26 heavy (non-hydrogen) atoms. The summed E-state index contributed by atoms with van der Waals surface area (Å²) in [6.07, 6.45) is 3.61. The molecule has 0 saturated heterocycles. The maximum atomic E-state index is 12.6. The molecule has 0 aliphatic rings. The van der Waals surface area contributed by atoms with Gasteiger partial charge in [0, 0.05) is 11.8 Å². The van der Waals surface area contributed by atoms with Crippen molar-refractivity contribution in [1.82, 2.24) is 0 Å². The van der Waals surface area contributed by atoms with Gasteiger partial charge >= 0.3 is 0 Å². The number of rotatable bonds is 10. The molecule has 0 aliphatic carbocycles. The van der Waals surface area contributed by atoms with Gasteiger partial charge in [-0.25, -0.2) is 0 Å². The lowest BCUT2D eigenvalue weighted by Gasteiger charge is -2.16. The van der Waals surface area contributed by atoms with Crippen molar-refractivity contribution >= 4 is 5.78 Å². The number of ether oxygens (including phenoxy) is 2. The highest BCUT2D eigenvalue weighted by Gasteiger charge is 2.19. The van der Waals surface area contributed by atoms with Crippen LogP contribution in [0.2, 0.25) is 0 Å². The van der Waals surface area contributed by atoms with Crippen LogP contribution in [-0.4, -0.2) is 20.0 Å². The van der Waals surface area contributed by atoms with Gasteiger partial charge in [-0.2, -0.15) is 0 Å². The van der Waals surface area contributed by atoms with Crippen LogP contribution in [0.4, 0.5) is 0 Å². The van der Waals surface area contributed by atoms with Gasteiger partial charge in [0.15, 0.2) is 0 Å². The van der Waals surface area contributed by atoms with E-state index in [9.17, 15) is 4.79 Å². The number of carbonyl (C=O) groups excluding carboxylic acids is 1. The van der Waals surface area contributed by atoms with Gasteiger partial charge in [0.2, 0.25) is 0 Å². The van der Waals surface area contributed by atoms with E-state index in [1.165, 1.54) is 11.1 Å². The minimum Gasteiger partial charge on any atom is -0.497 e. The summed E-state index contributed by atoms with van der Waals surface area (Å²) in [5.74, 6) is 2.27. The minimum absolute atomic E-state index is 0.0861. The number of ketones is 1. The molecule has 2 unspecified atom stereocenters. The first-order valence-electron chi connectivity index (χ1n) is 9.33. The smallest absolute Gasteiger partial charge is 0.138 e. The lowest BCUT2D eigenvalue weighted by molar-refractivity contribution is -0.126. The van der Waals surface area contributed by atoms with Crippen molar-refractivity contribution in [1.29, 1.82) is 0 Å². The number of Topliss-reactive ketones (excluding diaryl/α,β-unsaturated/α-hetero) is 1. The summed E-state index contributed by atoms with van der Waals surface area (Å²) in [5, 5.41) is 0. The van der Waals surface area contributed by atoms with Crippen molar-refractivity contribution in [3.8, 4) is 11.5 Å². The maximum absolute atomic E-state index is 12.6. The van der Waals surface area contributed by atoms with Gasteiger partial charge in [-0.1, -0.05) is 38.1 Å². The Morgan fingerprint density at radius 3 is 1.38 bits per heavy atom. The molecule has 2 rings (SSSR count). The first kappa shape index (κ1) is 20.0. The Morgan fingerprint density at radius 2 is 1.08 bits per heavy atom. The van der Waals surface area contributed by atoms with E-state index < -0.39 is 0 Å². The van der Waals surface area contributed by atoms with E-state index in [-0.39, 0.29) is 11.8 Å². The van der Waals surface area contributed by atoms with Crippen LogP contribution in [0.25, 0.3) is 0 Å². The molecule has 2 atom stereocenters. The van der Waals surface area contributed by atoms with Crippen molar-refractivity contribution in [2.75, 3.05) is 14.2 Å². The molecule has 3 heteroatoms. The Hall–Kier alpha value is -2.29. The van der Waals surface area contributed by atoms with E-state index in [1.807, 2.05) is 24.3 Å². The summed E-state index contributed by atoms with van der Waals surface area (Å²) in [7, 11) is 3.34. The van der Waals surface area contributed by atoms with Gasteiger partial charge in [0.1, 0.15) is 17.3 Å². The third-order valence-electron chi connectivity index (χ3n) is 5.02. The fourth-order valence-electron chi connectivity index (χ4n) is 3.12. The van der Waals surface area contributed by atoms with Gasteiger partial charge in [-0.05, 0) is 61.1 Å². The molecule has 0 saturated carbocycles. The molecule has 0 aromatic heterocycles. The molecule has 2 aromatic carbocycles. The SMILES string of the molecule is COc1ccc(CCC(C)C(=O)C(C)CCc2ccc(OC)cc2)cc1. The third-order valence-corrected chi connectivity index (χ3v) is 5.02. The molecule has 0 N–H and O–H groups in total. The third kappa shape index (κ3) is 5.91. The van der Waals surface area contributed by atoms with Gasteiger partial charge in [0.05, 0.1) is 14.2 Å². The Balaban J connectivity index is 1.78. The molecule has 0 aliphatic heterocycles. The van der Waals surface area contributed by atoms with Crippen molar-refractivity contribution in [2.45, 2.75) is 39.5 Å². The Morgan fingerprint density at radius 1 is 0.731 bits per heavy atom. The number of carbonyl (C=O) groups is 1. The van der Waals surface area contributed by atoms with Gasteiger partial charge in [-0.15, -0.1) is 0 Å². The van der Waals surface area contributed by atoms with E-state index in [1.54, 1.807) is 14.2 Å². The molecular formula is C23H30O3. The van der Waals surface area contributed by atoms with Crippen molar-refractivity contribution in [2.24, 2.45) is 11.8 Å². The topological polar surface area (TPSA) is 35.5 Å². The normalized spacial score (nSPS) is 13.1. The molecule has 140 valence electrons. The maximum Gasteiger partial charge on any atom is 0.138 e. The highest BCUT2D eigenvalue weighted by atomic mass is 16.5. The van der Waals surface area contributed by atoms with Crippen LogP contribution in [-0.2, 0) is 17.6 Å². The zero-order chi connectivity index (χ0) is 18.9. The van der Waals surface area contributed by atoms with E-state index >= 15 is 0 Å². The quantitative estimate of drug-likeness (QED) is 0.595. The van der Waals surface area contributed by atoms with Crippen LogP contribution in [0.15, 0.2) is 48.5 Å². The fourth-order valence-corrected chi connectivity index (χ4v) is 3.12. The zero-order valence-electron chi connectivity index (χ0n) is 16.3. The number of benzene rings is 2. The van der Waals surface area contributed by atoms with Crippen LogP contribution < -0.4 is 9.47 Å². The molecule has 2 aromatic rings. The first-order valence-corrected chi connectivity index (χ1v) is 9.33. The zero-order valence-corrected chi connectivity index (χ0v) is 16.3. The Kier molecular flexibility index (Phi) is 7.71. The van der Waals surface area contributed by atoms with Crippen LogP contribution in [0.5, 0.6) is 11.5 Å². The van der Waals surface area contributed by atoms with Crippen LogP contribution in [0.1, 0.15) is 37.8 Å². The Labute approximate surface area is 157 Å². The summed E-state index contributed by atoms with van der Waals surface area (Å²) in [6.45, 7) is 4.10. The lowest BCUT2D eigenvalue weighted by Crippen LogP contribution is -2.20. The summed E-state index contributed by atoms with van der Waals surface area (Å²) in [6, 6.07) is 16.2. The second kappa shape index (κ2) is 10.0. The van der Waals surface area contributed by atoms with Crippen molar-refractivity contribution in [3.05, 3.63) is 59.7 Å². The van der Waals surface area contributed by atoms with Crippen LogP contribution in [0.3, 0.4) is 0 Å². The van der Waals surface area contributed by atoms with Crippen molar-refractivity contribution in [3.63, 3.8) is 0 Å². The second-order valence-corrected chi connectivity index (χ2v) is 6.98.